The Morgan fingerprint density at radius 1 is 1.26 bits per heavy atom. The molecule has 0 fully saturated rings. The highest BCUT2D eigenvalue weighted by molar-refractivity contribution is 7.20. The van der Waals surface area contributed by atoms with Gasteiger partial charge in [0.05, 0.1) is 21.6 Å². The molecule has 0 bridgehead atoms. The van der Waals surface area contributed by atoms with E-state index in [9.17, 15) is 4.39 Å². The van der Waals surface area contributed by atoms with Crippen LogP contribution in [0.5, 0.6) is 5.75 Å². The van der Waals surface area contributed by atoms with E-state index in [0.717, 1.165) is 5.56 Å². The standard InChI is InChI=1S/C12H7Cl3FNOS/c13-7-1-5(16)2-8-11(7)18-9(4-17-8)6-3-10(14)19-12(6)15/h1-3,9,17H,4H2. The van der Waals surface area contributed by atoms with Crippen LogP contribution in [0.1, 0.15) is 11.7 Å². The van der Waals surface area contributed by atoms with E-state index in [1.807, 2.05) is 0 Å². The van der Waals surface area contributed by atoms with Gasteiger partial charge in [-0.05, 0) is 12.1 Å². The first kappa shape index (κ1) is 13.3. The number of hydrogen-bond acceptors (Lipinski definition) is 3. The fourth-order valence-electron chi connectivity index (χ4n) is 1.94. The second-order valence-electron chi connectivity index (χ2n) is 4.03. The van der Waals surface area contributed by atoms with Crippen LogP contribution in [0.3, 0.4) is 0 Å². The van der Waals surface area contributed by atoms with Gasteiger partial charge >= 0.3 is 0 Å². The number of halogens is 4. The van der Waals surface area contributed by atoms with Gasteiger partial charge in [0.1, 0.15) is 16.3 Å². The zero-order chi connectivity index (χ0) is 13.6. The Kier molecular flexibility index (Phi) is 3.52. The number of benzene rings is 1. The molecule has 0 radical (unpaired) electrons. The van der Waals surface area contributed by atoms with E-state index in [1.165, 1.54) is 23.5 Å². The Hall–Kier alpha value is -0.680. The Morgan fingerprint density at radius 3 is 2.74 bits per heavy atom. The van der Waals surface area contributed by atoms with E-state index >= 15 is 0 Å². The molecule has 7 heteroatoms. The molecule has 0 aliphatic carbocycles. The Morgan fingerprint density at radius 2 is 2.05 bits per heavy atom. The first-order valence-electron chi connectivity index (χ1n) is 5.39. The van der Waals surface area contributed by atoms with Crippen LogP contribution in [0.25, 0.3) is 0 Å². The number of fused-ring (bicyclic) bond motifs is 1. The Balaban J connectivity index is 1.96. The number of ether oxygens (including phenoxy) is 1. The lowest BCUT2D eigenvalue weighted by Crippen LogP contribution is -2.23. The fraction of sp³-hybridized carbons (Fsp3) is 0.167. The van der Waals surface area contributed by atoms with E-state index in [2.05, 4.69) is 5.32 Å². The van der Waals surface area contributed by atoms with Gasteiger partial charge in [0, 0.05) is 11.6 Å². The van der Waals surface area contributed by atoms with Gasteiger partial charge in [0.25, 0.3) is 0 Å². The molecule has 19 heavy (non-hydrogen) atoms. The molecule has 0 amide bonds. The summed E-state index contributed by atoms with van der Waals surface area (Å²) < 4.78 is 20.2. The zero-order valence-electron chi connectivity index (χ0n) is 9.34. The van der Waals surface area contributed by atoms with Crippen LogP contribution in [0.2, 0.25) is 13.7 Å². The van der Waals surface area contributed by atoms with Crippen molar-refractivity contribution in [2.45, 2.75) is 6.10 Å². The van der Waals surface area contributed by atoms with Crippen molar-refractivity contribution in [3.63, 3.8) is 0 Å². The predicted molar refractivity (Wildman–Crippen MR) is 77.6 cm³/mol. The summed E-state index contributed by atoms with van der Waals surface area (Å²) in [6, 6.07) is 4.33. The zero-order valence-corrected chi connectivity index (χ0v) is 12.4. The summed E-state index contributed by atoms with van der Waals surface area (Å²) in [5, 5.41) is 3.31. The number of rotatable bonds is 1. The third kappa shape index (κ3) is 2.50. The molecule has 1 unspecified atom stereocenters. The maximum absolute atomic E-state index is 13.2. The smallest absolute Gasteiger partial charge is 0.162 e. The summed E-state index contributed by atoms with van der Waals surface area (Å²) in [7, 11) is 0. The highest BCUT2D eigenvalue weighted by atomic mass is 35.5. The van der Waals surface area contributed by atoms with E-state index in [-0.39, 0.29) is 11.1 Å². The molecule has 2 aromatic rings. The highest BCUT2D eigenvalue weighted by Crippen LogP contribution is 2.43. The van der Waals surface area contributed by atoms with Gasteiger partial charge in [-0.15, -0.1) is 11.3 Å². The van der Waals surface area contributed by atoms with Crippen LogP contribution >= 0.6 is 46.1 Å². The first-order valence-corrected chi connectivity index (χ1v) is 7.34. The molecule has 1 atom stereocenters. The lowest BCUT2D eigenvalue weighted by Gasteiger charge is -2.28. The second-order valence-corrected chi connectivity index (χ2v) is 6.72. The fourth-order valence-corrected chi connectivity index (χ4v) is 3.75. The Bertz CT molecular complexity index is 646. The topological polar surface area (TPSA) is 21.3 Å². The number of nitrogens with one attached hydrogen (secondary N) is 1. The summed E-state index contributed by atoms with van der Waals surface area (Å²) in [5.74, 6) is 0.0209. The molecule has 1 aromatic heterocycles. The van der Waals surface area contributed by atoms with Gasteiger partial charge in [-0.2, -0.15) is 0 Å². The van der Waals surface area contributed by atoms with Crippen molar-refractivity contribution in [3.8, 4) is 5.75 Å². The van der Waals surface area contributed by atoms with Crippen molar-refractivity contribution in [3.05, 3.63) is 43.3 Å². The number of thiophene rings is 1. The molecular formula is C12H7Cl3FNOS. The summed E-state index contributed by atoms with van der Waals surface area (Å²) in [6.45, 7) is 0.472. The minimum absolute atomic E-state index is 0.227. The summed E-state index contributed by atoms with van der Waals surface area (Å²) >= 11 is 19.3. The average Bonchev–Trinajstić information content (AvgIpc) is 2.68. The van der Waals surface area contributed by atoms with Crippen LogP contribution < -0.4 is 10.1 Å². The molecule has 1 aromatic carbocycles. The van der Waals surface area contributed by atoms with Crippen molar-refractivity contribution < 1.29 is 9.13 Å². The SMILES string of the molecule is Fc1cc(Cl)c2c(c1)NCC(c1cc(Cl)sc1Cl)O2. The van der Waals surface area contributed by atoms with Gasteiger partial charge < -0.3 is 10.1 Å². The first-order chi connectivity index (χ1) is 9.04. The normalized spacial score (nSPS) is 17.6. The van der Waals surface area contributed by atoms with Crippen LogP contribution in [0.4, 0.5) is 10.1 Å². The molecular weight excluding hydrogens is 332 g/mol. The lowest BCUT2D eigenvalue weighted by atomic mass is 10.1. The van der Waals surface area contributed by atoms with Crippen molar-refractivity contribution in [2.75, 3.05) is 11.9 Å². The summed E-state index contributed by atoms with van der Waals surface area (Å²) in [5.41, 5.74) is 1.34. The van der Waals surface area contributed by atoms with Gasteiger partial charge in [0.15, 0.2) is 5.75 Å². The van der Waals surface area contributed by atoms with E-state index in [0.29, 0.717) is 26.7 Å². The van der Waals surface area contributed by atoms with Gasteiger partial charge in [-0.25, -0.2) is 4.39 Å². The van der Waals surface area contributed by atoms with Crippen LogP contribution in [0, 0.1) is 5.82 Å². The average molecular weight is 339 g/mol. The summed E-state index contributed by atoms with van der Waals surface area (Å²) in [4.78, 5) is 0. The number of hydrogen-bond donors (Lipinski definition) is 1. The van der Waals surface area contributed by atoms with Crippen LogP contribution in [-0.2, 0) is 0 Å². The minimum atomic E-state index is -0.407. The molecule has 1 aliphatic heterocycles. The Labute approximate surface area is 128 Å². The maximum Gasteiger partial charge on any atom is 0.162 e. The van der Waals surface area contributed by atoms with Crippen molar-refractivity contribution in [1.82, 2.24) is 0 Å². The molecule has 1 N–H and O–H groups in total. The molecule has 2 nitrogen and oxygen atoms in total. The van der Waals surface area contributed by atoms with Gasteiger partial charge in [-0.1, -0.05) is 34.8 Å². The minimum Gasteiger partial charge on any atom is -0.480 e. The highest BCUT2D eigenvalue weighted by Gasteiger charge is 2.26. The third-order valence-electron chi connectivity index (χ3n) is 2.78. The molecule has 0 spiro atoms. The molecule has 100 valence electrons. The molecule has 0 saturated heterocycles. The monoisotopic (exact) mass is 337 g/mol. The van der Waals surface area contributed by atoms with Gasteiger partial charge in [-0.3, -0.25) is 0 Å². The lowest BCUT2D eigenvalue weighted by molar-refractivity contribution is 0.211. The van der Waals surface area contributed by atoms with Crippen LogP contribution in [-0.4, -0.2) is 6.54 Å². The van der Waals surface area contributed by atoms with E-state index in [1.54, 1.807) is 6.07 Å². The van der Waals surface area contributed by atoms with Crippen molar-refractivity contribution >= 4 is 51.8 Å². The third-order valence-corrected chi connectivity index (χ3v) is 4.58. The van der Waals surface area contributed by atoms with Crippen molar-refractivity contribution in [2.24, 2.45) is 0 Å². The second kappa shape index (κ2) is 5.02. The molecule has 1 aliphatic rings. The van der Waals surface area contributed by atoms with Gasteiger partial charge in [0.2, 0.25) is 0 Å². The molecule has 3 rings (SSSR count). The van der Waals surface area contributed by atoms with Crippen molar-refractivity contribution in [1.29, 1.82) is 0 Å². The predicted octanol–water partition coefficient (Wildman–Crippen LogP) is 5.39. The molecule has 0 saturated carbocycles. The number of anilines is 1. The largest absolute Gasteiger partial charge is 0.480 e. The van der Waals surface area contributed by atoms with Crippen LogP contribution in [0.15, 0.2) is 18.2 Å². The quantitative estimate of drug-likeness (QED) is 0.752. The maximum atomic E-state index is 13.2. The summed E-state index contributed by atoms with van der Waals surface area (Å²) in [6.07, 6.45) is -0.299. The molecule has 2 heterocycles. The van der Waals surface area contributed by atoms with E-state index in [4.69, 9.17) is 39.5 Å². The van der Waals surface area contributed by atoms with E-state index < -0.39 is 5.82 Å².